The third-order valence-electron chi connectivity index (χ3n) is 2.15. The van der Waals surface area contributed by atoms with Crippen LogP contribution in [0.4, 0.5) is 0 Å². The molecular formula is C11H25NO2S. The molecule has 0 heterocycles. The molecule has 0 aromatic rings. The lowest BCUT2D eigenvalue weighted by Gasteiger charge is -2.29. The predicted molar refractivity (Wildman–Crippen MR) is 67.3 cm³/mol. The number of ether oxygens (including phenoxy) is 1. The first kappa shape index (κ1) is 15.2. The summed E-state index contributed by atoms with van der Waals surface area (Å²) in [5.41, 5.74) is -0.431. The molecule has 0 aliphatic rings. The van der Waals surface area contributed by atoms with Crippen molar-refractivity contribution >= 4 is 11.8 Å². The largest absolute Gasteiger partial charge is 0.382 e. The van der Waals surface area contributed by atoms with Crippen LogP contribution < -0.4 is 5.32 Å². The molecule has 0 aliphatic heterocycles. The fourth-order valence-corrected chi connectivity index (χ4v) is 2.21. The Morgan fingerprint density at radius 2 is 2.07 bits per heavy atom. The van der Waals surface area contributed by atoms with Crippen molar-refractivity contribution in [1.82, 2.24) is 5.32 Å². The number of rotatable bonds is 9. The fourth-order valence-electron chi connectivity index (χ4n) is 1.23. The highest BCUT2D eigenvalue weighted by molar-refractivity contribution is 7.99. The molecule has 4 heteroatoms. The van der Waals surface area contributed by atoms with Crippen LogP contribution >= 0.6 is 11.8 Å². The van der Waals surface area contributed by atoms with Gasteiger partial charge in [-0.15, -0.1) is 11.8 Å². The molecule has 0 spiro atoms. The Kier molecular flexibility index (Phi) is 8.52. The van der Waals surface area contributed by atoms with Gasteiger partial charge in [-0.2, -0.15) is 0 Å². The molecule has 0 aromatic heterocycles. The topological polar surface area (TPSA) is 41.5 Å². The van der Waals surface area contributed by atoms with Crippen molar-refractivity contribution in [3.05, 3.63) is 0 Å². The average molecular weight is 235 g/mol. The van der Waals surface area contributed by atoms with Crippen molar-refractivity contribution in [3.8, 4) is 0 Å². The van der Waals surface area contributed by atoms with Gasteiger partial charge in [-0.05, 0) is 13.5 Å². The van der Waals surface area contributed by atoms with Crippen LogP contribution in [0.25, 0.3) is 0 Å². The van der Waals surface area contributed by atoms with Crippen molar-refractivity contribution in [2.75, 3.05) is 32.6 Å². The second-order valence-electron chi connectivity index (χ2n) is 4.35. The zero-order chi connectivity index (χ0) is 11.7. The van der Waals surface area contributed by atoms with Crippen molar-refractivity contribution in [2.45, 2.75) is 32.6 Å². The Balaban J connectivity index is 3.58. The van der Waals surface area contributed by atoms with Crippen LogP contribution in [0.2, 0.25) is 0 Å². The standard InChI is InChI=1S/C11H25NO2S/c1-5-6-14-7-8-15-10(13)11(2,3)9-12-4/h10,12-13H,5-9H2,1-4H3. The lowest BCUT2D eigenvalue weighted by atomic mass is 9.95. The first-order valence-electron chi connectivity index (χ1n) is 5.56. The van der Waals surface area contributed by atoms with Gasteiger partial charge in [-0.1, -0.05) is 20.8 Å². The highest BCUT2D eigenvalue weighted by Gasteiger charge is 2.26. The summed E-state index contributed by atoms with van der Waals surface area (Å²) in [5, 5.41) is 13.0. The molecule has 0 amide bonds. The minimum atomic E-state index is -0.338. The van der Waals surface area contributed by atoms with Gasteiger partial charge in [0.25, 0.3) is 0 Å². The van der Waals surface area contributed by atoms with Gasteiger partial charge < -0.3 is 15.2 Å². The summed E-state index contributed by atoms with van der Waals surface area (Å²) < 4.78 is 5.36. The summed E-state index contributed by atoms with van der Waals surface area (Å²) in [5.74, 6) is 0.855. The molecular weight excluding hydrogens is 210 g/mol. The van der Waals surface area contributed by atoms with Crippen LogP contribution in [0.3, 0.4) is 0 Å². The Morgan fingerprint density at radius 1 is 1.40 bits per heavy atom. The molecule has 1 unspecified atom stereocenters. The number of hydrogen-bond acceptors (Lipinski definition) is 4. The molecule has 0 saturated heterocycles. The van der Waals surface area contributed by atoms with Crippen molar-refractivity contribution < 1.29 is 9.84 Å². The minimum Gasteiger partial charge on any atom is -0.382 e. The van der Waals surface area contributed by atoms with E-state index in [-0.39, 0.29) is 10.9 Å². The molecule has 15 heavy (non-hydrogen) atoms. The molecule has 92 valence electrons. The van der Waals surface area contributed by atoms with E-state index in [4.69, 9.17) is 4.74 Å². The van der Waals surface area contributed by atoms with Gasteiger partial charge in [0, 0.05) is 24.3 Å². The van der Waals surface area contributed by atoms with E-state index in [1.807, 2.05) is 7.05 Å². The lowest BCUT2D eigenvalue weighted by Crippen LogP contribution is -2.36. The predicted octanol–water partition coefficient (Wildman–Crippen LogP) is 1.71. The quantitative estimate of drug-likeness (QED) is 0.471. The van der Waals surface area contributed by atoms with Crippen molar-refractivity contribution in [3.63, 3.8) is 0 Å². The van der Waals surface area contributed by atoms with Crippen molar-refractivity contribution in [2.24, 2.45) is 5.41 Å². The van der Waals surface area contributed by atoms with E-state index in [1.54, 1.807) is 11.8 Å². The number of nitrogens with one attached hydrogen (secondary N) is 1. The third-order valence-corrected chi connectivity index (χ3v) is 3.51. The van der Waals surface area contributed by atoms with E-state index in [1.165, 1.54) is 0 Å². The maximum atomic E-state index is 9.93. The first-order valence-corrected chi connectivity index (χ1v) is 6.61. The van der Waals surface area contributed by atoms with E-state index in [0.29, 0.717) is 0 Å². The summed E-state index contributed by atoms with van der Waals surface area (Å²) in [6.45, 7) is 8.58. The first-order chi connectivity index (χ1) is 7.04. The van der Waals surface area contributed by atoms with E-state index >= 15 is 0 Å². The summed E-state index contributed by atoms with van der Waals surface area (Å²) in [7, 11) is 1.91. The molecule has 0 bridgehead atoms. The Labute approximate surface area is 98.0 Å². The van der Waals surface area contributed by atoms with Gasteiger partial charge >= 0.3 is 0 Å². The van der Waals surface area contributed by atoms with Gasteiger partial charge in [0.1, 0.15) is 5.44 Å². The van der Waals surface area contributed by atoms with Gasteiger partial charge in [0.05, 0.1) is 6.61 Å². The molecule has 2 N–H and O–H groups in total. The maximum absolute atomic E-state index is 9.93. The summed E-state index contributed by atoms with van der Waals surface area (Å²) in [6, 6.07) is 0. The molecule has 3 nitrogen and oxygen atoms in total. The summed E-state index contributed by atoms with van der Waals surface area (Å²) >= 11 is 1.56. The van der Waals surface area contributed by atoms with Gasteiger partial charge in [-0.3, -0.25) is 0 Å². The van der Waals surface area contributed by atoms with Crippen molar-refractivity contribution in [1.29, 1.82) is 0 Å². The summed E-state index contributed by atoms with van der Waals surface area (Å²) in [4.78, 5) is 0. The number of hydrogen-bond donors (Lipinski definition) is 2. The number of thioether (sulfide) groups is 1. The van der Waals surface area contributed by atoms with Gasteiger partial charge in [0.15, 0.2) is 0 Å². The van der Waals surface area contributed by atoms with E-state index in [2.05, 4.69) is 26.1 Å². The number of aliphatic hydroxyl groups excluding tert-OH is 1. The SMILES string of the molecule is CCCOCCSC(O)C(C)(C)CNC. The van der Waals surface area contributed by atoms with Crippen LogP contribution in [0.15, 0.2) is 0 Å². The zero-order valence-corrected chi connectivity index (χ0v) is 11.2. The van der Waals surface area contributed by atoms with Crippen LogP contribution in [0, 0.1) is 5.41 Å². The number of aliphatic hydroxyl groups is 1. The van der Waals surface area contributed by atoms with Crippen LogP contribution in [0.1, 0.15) is 27.2 Å². The molecule has 0 saturated carbocycles. The molecule has 1 atom stereocenters. The Hall–Kier alpha value is 0.230. The Bertz CT molecular complexity index is 154. The highest BCUT2D eigenvalue weighted by Crippen LogP contribution is 2.27. The van der Waals surface area contributed by atoms with E-state index in [0.717, 1.165) is 31.9 Å². The Morgan fingerprint density at radius 3 is 2.60 bits per heavy atom. The van der Waals surface area contributed by atoms with Crippen LogP contribution in [-0.2, 0) is 4.74 Å². The second kappa shape index (κ2) is 8.39. The van der Waals surface area contributed by atoms with Gasteiger partial charge in [-0.25, -0.2) is 0 Å². The van der Waals surface area contributed by atoms with Crippen LogP contribution in [-0.4, -0.2) is 43.1 Å². The average Bonchev–Trinajstić information content (AvgIpc) is 2.17. The van der Waals surface area contributed by atoms with Gasteiger partial charge in [0.2, 0.25) is 0 Å². The van der Waals surface area contributed by atoms with E-state index < -0.39 is 0 Å². The molecule has 0 aliphatic carbocycles. The normalized spacial score (nSPS) is 14.2. The molecule has 0 fully saturated rings. The zero-order valence-electron chi connectivity index (χ0n) is 10.4. The molecule has 0 aromatic carbocycles. The highest BCUT2D eigenvalue weighted by atomic mass is 32.2. The smallest absolute Gasteiger partial charge is 0.106 e. The minimum absolute atomic E-state index is 0.0931. The lowest BCUT2D eigenvalue weighted by molar-refractivity contribution is 0.124. The third kappa shape index (κ3) is 7.17. The second-order valence-corrected chi connectivity index (χ2v) is 5.54. The molecule has 0 rings (SSSR count). The monoisotopic (exact) mass is 235 g/mol. The molecule has 0 radical (unpaired) electrons. The van der Waals surface area contributed by atoms with Crippen LogP contribution in [0.5, 0.6) is 0 Å². The van der Waals surface area contributed by atoms with E-state index in [9.17, 15) is 5.11 Å². The summed E-state index contributed by atoms with van der Waals surface area (Å²) in [6.07, 6.45) is 1.05. The maximum Gasteiger partial charge on any atom is 0.106 e. The fraction of sp³-hybridized carbons (Fsp3) is 1.00.